The fourth-order valence-corrected chi connectivity index (χ4v) is 2.10. The summed E-state index contributed by atoms with van der Waals surface area (Å²) in [6.45, 7) is 1.39. The maximum Gasteiger partial charge on any atom is 0.416 e. The lowest BCUT2D eigenvalue weighted by atomic mass is 10.1. The van der Waals surface area contributed by atoms with E-state index in [0.717, 1.165) is 23.0 Å². The number of aryl methyl sites for hydroxylation is 2. The number of halogens is 3. The van der Waals surface area contributed by atoms with Crippen LogP contribution in [0.15, 0.2) is 29.4 Å². The second-order valence-electron chi connectivity index (χ2n) is 4.98. The fourth-order valence-electron chi connectivity index (χ4n) is 2.10. The van der Waals surface area contributed by atoms with Crippen LogP contribution in [-0.4, -0.2) is 26.8 Å². The number of rotatable bonds is 4. The normalized spacial score (nSPS) is 11.7. The van der Waals surface area contributed by atoms with Crippen molar-refractivity contribution in [3.63, 3.8) is 0 Å². The predicted molar refractivity (Wildman–Crippen MR) is 81.1 cm³/mol. The van der Waals surface area contributed by atoms with Gasteiger partial charge in [0.05, 0.1) is 16.7 Å². The summed E-state index contributed by atoms with van der Waals surface area (Å²) in [5, 5.41) is 18.4. The summed E-state index contributed by atoms with van der Waals surface area (Å²) in [5.41, 5.74) is 0.932. The number of nitrogens with zero attached hydrogens (tertiary/aromatic N) is 4. The zero-order valence-electron chi connectivity index (χ0n) is 13.0. The highest BCUT2D eigenvalue weighted by Gasteiger charge is 2.30. The Balaban J connectivity index is 2.13. The highest BCUT2D eigenvalue weighted by Crippen LogP contribution is 2.28. The maximum absolute atomic E-state index is 12.5. The fraction of sp³-hybridized carbons (Fsp3) is 0.214. The predicted octanol–water partition coefficient (Wildman–Crippen LogP) is 2.42. The Bertz CT molecular complexity index is 841. The molecule has 1 amide bonds. The Kier molecular flexibility index (Phi) is 4.86. The van der Waals surface area contributed by atoms with Gasteiger partial charge in [-0.3, -0.25) is 19.6 Å². The average molecular weight is 355 g/mol. The summed E-state index contributed by atoms with van der Waals surface area (Å²) < 4.78 is 38.4. The molecule has 0 bridgehead atoms. The van der Waals surface area contributed by atoms with Crippen LogP contribution < -0.4 is 5.43 Å². The standard InChI is InChI=1S/C14H12F3N5O3/c1-8-11(22(24)25)12(21(2)20-8)13(23)19-18-7-9-3-5-10(6-4-9)14(15,16)17/h3-7H,1-2H3,(H,19,23)/b18-7+. The van der Waals surface area contributed by atoms with Crippen molar-refractivity contribution in [3.05, 3.63) is 56.9 Å². The van der Waals surface area contributed by atoms with E-state index in [9.17, 15) is 28.1 Å². The molecular formula is C14H12F3N5O3. The van der Waals surface area contributed by atoms with Crippen molar-refractivity contribution >= 4 is 17.8 Å². The second-order valence-corrected chi connectivity index (χ2v) is 4.98. The first kappa shape index (κ1) is 18.1. The maximum atomic E-state index is 12.5. The molecule has 1 N–H and O–H groups in total. The molecule has 1 aromatic carbocycles. The van der Waals surface area contributed by atoms with Gasteiger partial charge in [0.25, 0.3) is 5.91 Å². The highest BCUT2D eigenvalue weighted by molar-refractivity contribution is 5.97. The lowest BCUT2D eigenvalue weighted by Gasteiger charge is -2.05. The van der Waals surface area contributed by atoms with Gasteiger partial charge in [-0.25, -0.2) is 5.43 Å². The molecular weight excluding hydrogens is 343 g/mol. The smallest absolute Gasteiger partial charge is 0.265 e. The molecule has 2 rings (SSSR count). The van der Waals surface area contributed by atoms with E-state index in [0.29, 0.717) is 5.56 Å². The zero-order chi connectivity index (χ0) is 18.8. The molecule has 0 atom stereocenters. The number of hydrogen-bond acceptors (Lipinski definition) is 5. The van der Waals surface area contributed by atoms with Gasteiger partial charge in [0, 0.05) is 7.05 Å². The first-order valence-electron chi connectivity index (χ1n) is 6.80. The Morgan fingerprint density at radius 1 is 1.36 bits per heavy atom. The van der Waals surface area contributed by atoms with E-state index in [1.165, 1.54) is 26.1 Å². The average Bonchev–Trinajstić information content (AvgIpc) is 2.81. The summed E-state index contributed by atoms with van der Waals surface area (Å²) in [6, 6.07) is 4.10. The van der Waals surface area contributed by atoms with Crippen molar-refractivity contribution in [2.45, 2.75) is 13.1 Å². The van der Waals surface area contributed by atoms with Gasteiger partial charge in [-0.05, 0) is 24.6 Å². The number of alkyl halides is 3. The van der Waals surface area contributed by atoms with Gasteiger partial charge in [0.1, 0.15) is 5.69 Å². The lowest BCUT2D eigenvalue weighted by molar-refractivity contribution is -0.385. The van der Waals surface area contributed by atoms with Crippen LogP contribution in [0.2, 0.25) is 0 Å². The SMILES string of the molecule is Cc1nn(C)c(C(=O)N/N=C/c2ccc(C(F)(F)F)cc2)c1[N+](=O)[O-]. The number of nitrogens with one attached hydrogen (secondary N) is 1. The van der Waals surface area contributed by atoms with Gasteiger partial charge in [0.15, 0.2) is 0 Å². The molecule has 0 fully saturated rings. The van der Waals surface area contributed by atoms with Gasteiger partial charge in [-0.15, -0.1) is 0 Å². The van der Waals surface area contributed by atoms with Crippen LogP contribution in [0.25, 0.3) is 0 Å². The molecule has 2 aromatic rings. The third kappa shape index (κ3) is 4.00. The number of carbonyl (C=O) groups excluding carboxylic acids is 1. The molecule has 1 heterocycles. The number of hydrazone groups is 1. The van der Waals surface area contributed by atoms with Crippen LogP contribution in [0.5, 0.6) is 0 Å². The molecule has 0 radical (unpaired) electrons. The van der Waals surface area contributed by atoms with Crippen molar-refractivity contribution in [2.24, 2.45) is 12.1 Å². The van der Waals surface area contributed by atoms with E-state index in [2.05, 4.69) is 15.6 Å². The minimum Gasteiger partial charge on any atom is -0.265 e. The summed E-state index contributed by atoms with van der Waals surface area (Å²) in [5.74, 6) is -0.863. The second kappa shape index (κ2) is 6.71. The van der Waals surface area contributed by atoms with E-state index in [4.69, 9.17) is 0 Å². The van der Waals surface area contributed by atoms with Crippen molar-refractivity contribution in [1.29, 1.82) is 0 Å². The Labute approximate surface area is 139 Å². The monoisotopic (exact) mass is 355 g/mol. The Hall–Kier alpha value is -3.24. The number of carbonyl (C=O) groups is 1. The van der Waals surface area contributed by atoms with Gasteiger partial charge in [-0.2, -0.15) is 23.4 Å². The molecule has 0 saturated heterocycles. The van der Waals surface area contributed by atoms with Crippen LogP contribution in [-0.2, 0) is 13.2 Å². The summed E-state index contributed by atoms with van der Waals surface area (Å²) >= 11 is 0. The third-order valence-corrected chi connectivity index (χ3v) is 3.21. The highest BCUT2D eigenvalue weighted by atomic mass is 19.4. The van der Waals surface area contributed by atoms with Crippen LogP contribution >= 0.6 is 0 Å². The first-order valence-corrected chi connectivity index (χ1v) is 6.80. The molecule has 11 heteroatoms. The number of benzene rings is 1. The van der Waals surface area contributed by atoms with Crippen LogP contribution in [0, 0.1) is 17.0 Å². The summed E-state index contributed by atoms with van der Waals surface area (Å²) in [4.78, 5) is 22.3. The van der Waals surface area contributed by atoms with Crippen molar-refractivity contribution < 1.29 is 22.9 Å². The molecule has 0 spiro atoms. The molecule has 132 valence electrons. The number of amides is 1. The minimum atomic E-state index is -4.44. The van der Waals surface area contributed by atoms with Crippen molar-refractivity contribution in [3.8, 4) is 0 Å². The van der Waals surface area contributed by atoms with E-state index < -0.39 is 28.3 Å². The number of aromatic nitrogens is 2. The first-order chi connectivity index (χ1) is 11.6. The van der Waals surface area contributed by atoms with E-state index >= 15 is 0 Å². The van der Waals surface area contributed by atoms with Gasteiger partial charge in [-0.1, -0.05) is 12.1 Å². The van der Waals surface area contributed by atoms with E-state index in [-0.39, 0.29) is 11.4 Å². The number of hydrogen-bond donors (Lipinski definition) is 1. The van der Waals surface area contributed by atoms with E-state index in [1.807, 2.05) is 0 Å². The molecule has 8 nitrogen and oxygen atoms in total. The molecule has 1 aromatic heterocycles. The molecule has 0 aliphatic carbocycles. The quantitative estimate of drug-likeness (QED) is 0.517. The van der Waals surface area contributed by atoms with Gasteiger partial charge >= 0.3 is 11.9 Å². The molecule has 0 saturated carbocycles. The minimum absolute atomic E-state index is 0.0735. The Morgan fingerprint density at radius 3 is 2.48 bits per heavy atom. The summed E-state index contributed by atoms with van der Waals surface area (Å²) in [6.07, 6.45) is -3.33. The van der Waals surface area contributed by atoms with E-state index in [1.54, 1.807) is 0 Å². The van der Waals surface area contributed by atoms with Gasteiger partial charge < -0.3 is 0 Å². The van der Waals surface area contributed by atoms with Crippen molar-refractivity contribution in [2.75, 3.05) is 0 Å². The van der Waals surface area contributed by atoms with Crippen molar-refractivity contribution in [1.82, 2.24) is 15.2 Å². The molecule has 0 aliphatic heterocycles. The Morgan fingerprint density at radius 2 is 1.96 bits per heavy atom. The summed E-state index contributed by atoms with van der Waals surface area (Å²) in [7, 11) is 1.37. The van der Waals surface area contributed by atoms with Crippen LogP contribution in [0.3, 0.4) is 0 Å². The topological polar surface area (TPSA) is 102 Å². The largest absolute Gasteiger partial charge is 0.416 e. The lowest BCUT2D eigenvalue weighted by Crippen LogP contribution is -2.22. The molecule has 25 heavy (non-hydrogen) atoms. The molecule has 0 aliphatic rings. The third-order valence-electron chi connectivity index (χ3n) is 3.21. The van der Waals surface area contributed by atoms with Gasteiger partial charge in [0.2, 0.25) is 5.69 Å². The zero-order valence-corrected chi connectivity index (χ0v) is 13.0. The van der Waals surface area contributed by atoms with Crippen LogP contribution in [0.4, 0.5) is 18.9 Å². The number of nitro groups is 1. The molecule has 0 unspecified atom stereocenters. The van der Waals surface area contributed by atoms with Crippen LogP contribution in [0.1, 0.15) is 27.3 Å².